The Kier molecular flexibility index (Phi) is 2.80. The molecule has 0 atom stereocenters. The smallest absolute Gasteiger partial charge is 0.384 e. The van der Waals surface area contributed by atoms with Crippen molar-refractivity contribution in [1.29, 1.82) is 0 Å². The number of hydrogen-bond acceptors (Lipinski definition) is 2. The van der Waals surface area contributed by atoms with Crippen LogP contribution in [-0.2, 0) is 6.18 Å². The molecule has 1 heterocycles. The summed E-state index contributed by atoms with van der Waals surface area (Å²) in [6.07, 6.45) is -4.49. The van der Waals surface area contributed by atoms with Crippen molar-refractivity contribution in [3.05, 3.63) is 41.1 Å². The van der Waals surface area contributed by atoms with Crippen LogP contribution in [0.3, 0.4) is 0 Å². The number of aromatic nitrogens is 2. The number of rotatable bonds is 1. The van der Waals surface area contributed by atoms with Crippen molar-refractivity contribution in [2.75, 3.05) is 5.73 Å². The minimum absolute atomic E-state index is 0.0315. The molecular weight excluding hydrogens is 243 g/mol. The monoisotopic (exact) mass is 255 g/mol. The number of aryl methyl sites for hydroxylation is 1. The quantitative estimate of drug-likeness (QED) is 0.851. The minimum Gasteiger partial charge on any atom is -0.384 e. The van der Waals surface area contributed by atoms with Crippen molar-refractivity contribution in [3.63, 3.8) is 0 Å². The molecule has 2 rings (SSSR count). The molecule has 0 saturated heterocycles. The number of benzene rings is 1. The second-order valence-corrected chi connectivity index (χ2v) is 4.08. The lowest BCUT2D eigenvalue weighted by atomic mass is 10.1. The molecule has 0 fully saturated rings. The van der Waals surface area contributed by atoms with Crippen LogP contribution in [-0.4, -0.2) is 9.78 Å². The van der Waals surface area contributed by atoms with E-state index in [1.165, 1.54) is 0 Å². The second kappa shape index (κ2) is 4.04. The van der Waals surface area contributed by atoms with Gasteiger partial charge in [-0.05, 0) is 31.0 Å². The molecule has 0 aliphatic rings. The maximum atomic E-state index is 12.5. The van der Waals surface area contributed by atoms with Crippen molar-refractivity contribution >= 4 is 5.82 Å². The van der Waals surface area contributed by atoms with Crippen molar-refractivity contribution < 1.29 is 13.2 Å². The van der Waals surface area contributed by atoms with Crippen molar-refractivity contribution in [3.8, 4) is 5.69 Å². The highest BCUT2D eigenvalue weighted by Crippen LogP contribution is 2.31. The highest BCUT2D eigenvalue weighted by atomic mass is 19.4. The fourth-order valence-corrected chi connectivity index (χ4v) is 1.69. The van der Waals surface area contributed by atoms with Gasteiger partial charge < -0.3 is 5.73 Å². The van der Waals surface area contributed by atoms with Crippen LogP contribution in [0.1, 0.15) is 16.8 Å². The molecule has 3 nitrogen and oxygen atoms in total. The number of halogens is 3. The van der Waals surface area contributed by atoms with Crippen molar-refractivity contribution in [2.45, 2.75) is 20.0 Å². The van der Waals surface area contributed by atoms with Crippen LogP contribution < -0.4 is 5.73 Å². The van der Waals surface area contributed by atoms with E-state index in [0.29, 0.717) is 5.69 Å². The average Bonchev–Trinajstić information content (AvgIpc) is 2.64. The van der Waals surface area contributed by atoms with Crippen LogP contribution in [0.25, 0.3) is 5.69 Å². The normalized spacial score (nSPS) is 11.8. The molecule has 1 aromatic heterocycles. The van der Waals surface area contributed by atoms with Gasteiger partial charge in [-0.1, -0.05) is 12.1 Å². The van der Waals surface area contributed by atoms with Gasteiger partial charge in [-0.2, -0.15) is 18.3 Å². The summed E-state index contributed by atoms with van der Waals surface area (Å²) in [4.78, 5) is 0. The third kappa shape index (κ3) is 2.05. The number of nitrogen functional groups attached to an aromatic ring is 1. The number of nitrogens with two attached hydrogens (primary N) is 1. The zero-order chi connectivity index (χ0) is 13.5. The first-order chi connectivity index (χ1) is 8.30. The lowest BCUT2D eigenvalue weighted by Crippen LogP contribution is -2.08. The summed E-state index contributed by atoms with van der Waals surface area (Å²) >= 11 is 0. The predicted molar refractivity (Wildman–Crippen MR) is 62.5 cm³/mol. The fraction of sp³-hybridized carbons (Fsp3) is 0.250. The molecule has 0 aliphatic carbocycles. The SMILES string of the molecule is Cc1cccc(-n2nc(C(F)(F)F)cc2N)c1C. The molecule has 0 bridgehead atoms. The largest absolute Gasteiger partial charge is 0.435 e. The molecule has 2 aromatic rings. The Bertz CT molecular complexity index is 585. The van der Waals surface area contributed by atoms with Crippen LogP contribution in [0.4, 0.5) is 19.0 Å². The van der Waals surface area contributed by atoms with E-state index in [4.69, 9.17) is 5.73 Å². The van der Waals surface area contributed by atoms with E-state index in [2.05, 4.69) is 5.10 Å². The van der Waals surface area contributed by atoms with Gasteiger partial charge in [-0.15, -0.1) is 0 Å². The molecule has 96 valence electrons. The Morgan fingerprint density at radius 2 is 1.89 bits per heavy atom. The van der Waals surface area contributed by atoms with Gasteiger partial charge in [-0.3, -0.25) is 0 Å². The third-order valence-corrected chi connectivity index (χ3v) is 2.83. The number of nitrogens with zero attached hydrogens (tertiary/aromatic N) is 2. The van der Waals surface area contributed by atoms with Crippen molar-refractivity contribution in [1.82, 2.24) is 9.78 Å². The number of hydrogen-bond donors (Lipinski definition) is 1. The molecular formula is C12H12F3N3. The average molecular weight is 255 g/mol. The maximum Gasteiger partial charge on any atom is 0.435 e. The first-order valence-electron chi connectivity index (χ1n) is 5.30. The Morgan fingerprint density at radius 3 is 2.44 bits per heavy atom. The van der Waals surface area contributed by atoms with E-state index in [1.54, 1.807) is 12.1 Å². The highest BCUT2D eigenvalue weighted by Gasteiger charge is 2.34. The Morgan fingerprint density at radius 1 is 1.22 bits per heavy atom. The number of anilines is 1. The summed E-state index contributed by atoms with van der Waals surface area (Å²) in [6, 6.07) is 6.16. The summed E-state index contributed by atoms with van der Waals surface area (Å²) in [5, 5.41) is 3.52. The molecule has 6 heteroatoms. The Hall–Kier alpha value is -1.98. The van der Waals surface area contributed by atoms with Crippen LogP contribution in [0, 0.1) is 13.8 Å². The molecule has 0 radical (unpaired) electrons. The molecule has 2 N–H and O–H groups in total. The summed E-state index contributed by atoms with van der Waals surface area (Å²) in [5.41, 5.74) is 6.98. The molecule has 0 spiro atoms. The zero-order valence-electron chi connectivity index (χ0n) is 9.92. The molecule has 1 aromatic carbocycles. The minimum atomic E-state index is -4.49. The van der Waals surface area contributed by atoms with Gasteiger partial charge in [0.25, 0.3) is 0 Å². The van der Waals surface area contributed by atoms with E-state index < -0.39 is 11.9 Å². The summed E-state index contributed by atoms with van der Waals surface area (Å²) < 4.78 is 38.8. The lowest BCUT2D eigenvalue weighted by molar-refractivity contribution is -0.141. The standard InChI is InChI=1S/C12H12F3N3/c1-7-4-3-5-9(8(7)2)18-11(16)6-10(17-18)12(13,14)15/h3-6H,16H2,1-2H3. The van der Waals surface area contributed by atoms with E-state index in [1.807, 2.05) is 19.9 Å². The van der Waals surface area contributed by atoms with Crippen LogP contribution >= 0.6 is 0 Å². The molecule has 0 unspecified atom stereocenters. The van der Waals surface area contributed by atoms with E-state index >= 15 is 0 Å². The van der Waals surface area contributed by atoms with Gasteiger partial charge in [0.15, 0.2) is 5.69 Å². The van der Waals surface area contributed by atoms with E-state index in [-0.39, 0.29) is 5.82 Å². The topological polar surface area (TPSA) is 43.8 Å². The first-order valence-corrected chi connectivity index (χ1v) is 5.30. The van der Waals surface area contributed by atoms with Crippen LogP contribution in [0.5, 0.6) is 0 Å². The van der Waals surface area contributed by atoms with Gasteiger partial charge in [0.2, 0.25) is 0 Å². The lowest BCUT2D eigenvalue weighted by Gasteiger charge is -2.09. The molecule has 0 amide bonds. The zero-order valence-corrected chi connectivity index (χ0v) is 9.92. The highest BCUT2D eigenvalue weighted by molar-refractivity contribution is 5.50. The van der Waals surface area contributed by atoms with Gasteiger partial charge >= 0.3 is 6.18 Å². The molecule has 0 saturated carbocycles. The summed E-state index contributed by atoms with van der Waals surface area (Å²) in [5.74, 6) is -0.0315. The van der Waals surface area contributed by atoms with Crippen molar-refractivity contribution in [2.24, 2.45) is 0 Å². The summed E-state index contributed by atoms with van der Waals surface area (Å²) in [6.45, 7) is 3.70. The van der Waals surface area contributed by atoms with Gasteiger partial charge in [-0.25, -0.2) is 4.68 Å². The van der Waals surface area contributed by atoms with Gasteiger partial charge in [0.05, 0.1) is 5.69 Å². The Labute approximate surface area is 102 Å². The Balaban J connectivity index is 2.58. The molecule has 18 heavy (non-hydrogen) atoms. The fourth-order valence-electron chi connectivity index (χ4n) is 1.69. The predicted octanol–water partition coefficient (Wildman–Crippen LogP) is 3.09. The van der Waals surface area contributed by atoms with Crippen LogP contribution in [0.2, 0.25) is 0 Å². The maximum absolute atomic E-state index is 12.5. The summed E-state index contributed by atoms with van der Waals surface area (Å²) in [7, 11) is 0. The van der Waals surface area contributed by atoms with Gasteiger partial charge in [0, 0.05) is 6.07 Å². The van der Waals surface area contributed by atoms with E-state index in [9.17, 15) is 13.2 Å². The molecule has 0 aliphatic heterocycles. The first kappa shape index (κ1) is 12.5. The third-order valence-electron chi connectivity index (χ3n) is 2.83. The van der Waals surface area contributed by atoms with Gasteiger partial charge in [0.1, 0.15) is 5.82 Å². The number of alkyl halides is 3. The van der Waals surface area contributed by atoms with Crippen LogP contribution in [0.15, 0.2) is 24.3 Å². The second-order valence-electron chi connectivity index (χ2n) is 4.08. The van der Waals surface area contributed by atoms with E-state index in [0.717, 1.165) is 21.9 Å².